The summed E-state index contributed by atoms with van der Waals surface area (Å²) in [5.74, 6) is -1.15. The van der Waals surface area contributed by atoms with Gasteiger partial charge in [0.2, 0.25) is 0 Å². The van der Waals surface area contributed by atoms with E-state index >= 15 is 0 Å². The van der Waals surface area contributed by atoms with Crippen LogP contribution in [0.2, 0.25) is 5.15 Å². The Morgan fingerprint density at radius 3 is 2.60 bits per heavy atom. The summed E-state index contributed by atoms with van der Waals surface area (Å²) in [5.41, 5.74) is 0.595. The van der Waals surface area contributed by atoms with Gasteiger partial charge in [0.15, 0.2) is 5.15 Å². The largest absolute Gasteiger partial charge is 0.481 e. The van der Waals surface area contributed by atoms with Crippen LogP contribution >= 0.6 is 11.6 Å². The van der Waals surface area contributed by atoms with Crippen LogP contribution in [-0.4, -0.2) is 20.6 Å². The molecule has 1 aromatic heterocycles. The quantitative estimate of drug-likeness (QED) is 0.841. The van der Waals surface area contributed by atoms with Crippen LogP contribution in [-0.2, 0) is 11.8 Å². The molecule has 0 aliphatic heterocycles. The Hall–Kier alpha value is -1.03. The number of halogens is 1. The summed E-state index contributed by atoms with van der Waals surface area (Å²) in [6.45, 7) is 3.89. The number of carboxylic acids is 1. The molecule has 5 heteroatoms. The molecule has 1 aliphatic carbocycles. The van der Waals surface area contributed by atoms with Crippen molar-refractivity contribution in [2.24, 2.45) is 18.4 Å². The maximum atomic E-state index is 11.0. The predicted octanol–water partition coefficient (Wildman–Crippen LogP) is 1.90. The van der Waals surface area contributed by atoms with E-state index in [9.17, 15) is 4.79 Å². The fraction of sp³-hybridized carbons (Fsp3) is 0.600. The van der Waals surface area contributed by atoms with Crippen molar-refractivity contribution in [1.29, 1.82) is 0 Å². The van der Waals surface area contributed by atoms with Gasteiger partial charge in [0.1, 0.15) is 0 Å². The van der Waals surface area contributed by atoms with E-state index in [1.807, 2.05) is 20.9 Å². The molecule has 4 nitrogen and oxygen atoms in total. The zero-order chi connectivity index (χ0) is 11.4. The van der Waals surface area contributed by atoms with Crippen LogP contribution in [0.15, 0.2) is 6.33 Å². The summed E-state index contributed by atoms with van der Waals surface area (Å²) in [7, 11) is 1.83. The molecular weight excluding hydrogens is 216 g/mol. The predicted molar refractivity (Wildman–Crippen MR) is 55.9 cm³/mol. The van der Waals surface area contributed by atoms with Gasteiger partial charge in [-0.3, -0.25) is 4.79 Å². The van der Waals surface area contributed by atoms with Gasteiger partial charge in [0.25, 0.3) is 0 Å². The molecule has 1 aliphatic rings. The minimum Gasteiger partial charge on any atom is -0.481 e. The molecule has 2 atom stereocenters. The maximum Gasteiger partial charge on any atom is 0.307 e. The molecule has 0 amide bonds. The second-order valence-electron chi connectivity index (χ2n) is 4.65. The van der Waals surface area contributed by atoms with E-state index < -0.39 is 5.97 Å². The van der Waals surface area contributed by atoms with Crippen LogP contribution in [0.1, 0.15) is 25.5 Å². The van der Waals surface area contributed by atoms with Crippen molar-refractivity contribution in [3.05, 3.63) is 17.2 Å². The van der Waals surface area contributed by atoms with Gasteiger partial charge in [-0.2, -0.15) is 0 Å². The van der Waals surface area contributed by atoms with E-state index in [0.717, 1.165) is 5.69 Å². The minimum absolute atomic E-state index is 0.0324. The monoisotopic (exact) mass is 228 g/mol. The lowest BCUT2D eigenvalue weighted by molar-refractivity contribution is -0.139. The summed E-state index contributed by atoms with van der Waals surface area (Å²) in [6.07, 6.45) is 1.62. The first-order chi connectivity index (χ1) is 6.87. The molecule has 0 aromatic carbocycles. The molecule has 0 unspecified atom stereocenters. The first-order valence-electron chi connectivity index (χ1n) is 4.77. The van der Waals surface area contributed by atoms with Crippen LogP contribution in [0.25, 0.3) is 0 Å². The molecule has 1 heterocycles. The molecule has 2 rings (SSSR count). The Labute approximate surface area is 92.9 Å². The van der Waals surface area contributed by atoms with E-state index in [4.69, 9.17) is 16.7 Å². The summed E-state index contributed by atoms with van der Waals surface area (Å²) in [4.78, 5) is 15.0. The lowest BCUT2D eigenvalue weighted by Crippen LogP contribution is -2.03. The molecule has 0 saturated heterocycles. The van der Waals surface area contributed by atoms with Gasteiger partial charge in [0.05, 0.1) is 17.9 Å². The number of hydrogen-bond donors (Lipinski definition) is 1. The average molecular weight is 229 g/mol. The Balaban J connectivity index is 2.39. The lowest BCUT2D eigenvalue weighted by atomic mass is 10.1. The number of aromatic nitrogens is 2. The zero-order valence-corrected chi connectivity index (χ0v) is 9.62. The highest BCUT2D eigenvalue weighted by Gasteiger charge is 2.64. The molecule has 1 aromatic rings. The first kappa shape index (κ1) is 10.5. The van der Waals surface area contributed by atoms with E-state index in [-0.39, 0.29) is 17.3 Å². The molecule has 0 radical (unpaired) electrons. The number of imidazole rings is 1. The number of nitrogens with zero attached hydrogens (tertiary/aromatic N) is 2. The van der Waals surface area contributed by atoms with Crippen molar-refractivity contribution in [2.45, 2.75) is 19.8 Å². The normalized spacial score (nSPS) is 27.7. The van der Waals surface area contributed by atoms with Gasteiger partial charge >= 0.3 is 5.97 Å². The number of aliphatic carboxylic acids is 1. The van der Waals surface area contributed by atoms with Crippen molar-refractivity contribution in [2.75, 3.05) is 0 Å². The van der Waals surface area contributed by atoms with Crippen molar-refractivity contribution in [3.63, 3.8) is 0 Å². The third-order valence-corrected chi connectivity index (χ3v) is 3.61. The third kappa shape index (κ3) is 1.35. The van der Waals surface area contributed by atoms with Crippen LogP contribution in [0.5, 0.6) is 0 Å². The SMILES string of the molecule is Cn1cnc(Cl)c1[C@H]1[C@H](C(=O)O)C1(C)C. The first-order valence-corrected chi connectivity index (χ1v) is 5.14. The number of aryl methyl sites for hydroxylation is 1. The standard InChI is InChI=1S/C10H13ClN2O2/c1-10(2)5(6(10)9(14)15)7-8(11)12-4-13(7)3/h4-6H,1-3H3,(H,14,15)/t5-,6-/m1/s1. The summed E-state index contributed by atoms with van der Waals surface area (Å²) >= 11 is 5.95. The Morgan fingerprint density at radius 1 is 1.67 bits per heavy atom. The Kier molecular flexibility index (Phi) is 2.08. The summed E-state index contributed by atoms with van der Waals surface area (Å²) < 4.78 is 1.80. The van der Waals surface area contributed by atoms with Gasteiger partial charge in [-0.15, -0.1) is 0 Å². The third-order valence-electron chi connectivity index (χ3n) is 3.32. The lowest BCUT2D eigenvalue weighted by Gasteiger charge is -2.03. The second kappa shape index (κ2) is 2.98. The van der Waals surface area contributed by atoms with E-state index in [1.54, 1.807) is 10.9 Å². The topological polar surface area (TPSA) is 55.1 Å². The highest BCUT2D eigenvalue weighted by atomic mass is 35.5. The maximum absolute atomic E-state index is 11.0. The zero-order valence-electron chi connectivity index (χ0n) is 8.86. The molecule has 1 N–H and O–H groups in total. The van der Waals surface area contributed by atoms with Crippen LogP contribution in [0.3, 0.4) is 0 Å². The fourth-order valence-corrected chi connectivity index (χ4v) is 2.66. The van der Waals surface area contributed by atoms with Crippen LogP contribution in [0, 0.1) is 11.3 Å². The van der Waals surface area contributed by atoms with E-state index in [2.05, 4.69) is 4.98 Å². The second-order valence-corrected chi connectivity index (χ2v) is 5.00. The molecule has 1 fully saturated rings. The highest BCUT2D eigenvalue weighted by Crippen LogP contribution is 2.65. The number of rotatable bonds is 2. The van der Waals surface area contributed by atoms with Crippen molar-refractivity contribution >= 4 is 17.6 Å². The van der Waals surface area contributed by atoms with Gasteiger partial charge < -0.3 is 9.67 Å². The van der Waals surface area contributed by atoms with Gasteiger partial charge in [-0.05, 0) is 5.41 Å². The van der Waals surface area contributed by atoms with E-state index in [0.29, 0.717) is 5.15 Å². The highest BCUT2D eigenvalue weighted by molar-refractivity contribution is 6.30. The van der Waals surface area contributed by atoms with Crippen LogP contribution < -0.4 is 0 Å². The molecule has 15 heavy (non-hydrogen) atoms. The van der Waals surface area contributed by atoms with Crippen molar-refractivity contribution in [1.82, 2.24) is 9.55 Å². The summed E-state index contributed by atoms with van der Waals surface area (Å²) in [6, 6.07) is 0. The van der Waals surface area contributed by atoms with E-state index in [1.165, 1.54) is 0 Å². The number of carbonyl (C=O) groups is 1. The smallest absolute Gasteiger partial charge is 0.307 e. The fourth-order valence-electron chi connectivity index (χ4n) is 2.37. The van der Waals surface area contributed by atoms with Gasteiger partial charge in [0, 0.05) is 13.0 Å². The van der Waals surface area contributed by atoms with Crippen molar-refractivity contribution < 1.29 is 9.90 Å². The average Bonchev–Trinajstić information content (AvgIpc) is 2.50. The van der Waals surface area contributed by atoms with Crippen LogP contribution in [0.4, 0.5) is 0 Å². The molecule has 0 spiro atoms. The van der Waals surface area contributed by atoms with Gasteiger partial charge in [-0.1, -0.05) is 25.4 Å². The molecule has 0 bridgehead atoms. The van der Waals surface area contributed by atoms with Gasteiger partial charge in [-0.25, -0.2) is 4.98 Å². The Morgan fingerprint density at radius 2 is 2.27 bits per heavy atom. The number of carboxylic acid groups (broad SMARTS) is 1. The summed E-state index contributed by atoms with van der Waals surface area (Å²) in [5, 5.41) is 9.48. The van der Waals surface area contributed by atoms with Crippen molar-refractivity contribution in [3.8, 4) is 0 Å². The molecule has 1 saturated carbocycles. The Bertz CT molecular complexity index is 406. The minimum atomic E-state index is -0.762. The molecule has 82 valence electrons. The number of hydrogen-bond acceptors (Lipinski definition) is 2. The molecular formula is C10H13ClN2O2.